The Balaban J connectivity index is 1.54. The van der Waals surface area contributed by atoms with E-state index in [0.29, 0.717) is 28.2 Å². The highest BCUT2D eigenvalue weighted by atomic mass is 16.3. The summed E-state index contributed by atoms with van der Waals surface area (Å²) >= 11 is 0. The molecule has 0 aliphatic carbocycles. The van der Waals surface area contributed by atoms with Gasteiger partial charge in [-0.25, -0.2) is 4.98 Å². The number of carbonyl (C=O) groups excluding carboxylic acids is 2. The minimum absolute atomic E-state index is 0.277. The second-order valence-corrected chi connectivity index (χ2v) is 6.81. The molecule has 28 heavy (non-hydrogen) atoms. The van der Waals surface area contributed by atoms with Crippen molar-refractivity contribution in [2.45, 2.75) is 13.0 Å². The molecular weight excluding hydrogens is 352 g/mol. The van der Waals surface area contributed by atoms with Crippen LogP contribution in [0.3, 0.4) is 0 Å². The molecule has 2 amide bonds. The molecule has 1 unspecified atom stereocenters. The number of carbonyl (C=O) groups is 2. The van der Waals surface area contributed by atoms with Crippen molar-refractivity contribution < 1.29 is 14.0 Å². The molecule has 0 saturated heterocycles. The SMILES string of the molecule is CC(c1ccccc1)N1C(=O)c2ccc(-c3nc4ccccc4o3)cc2C1=O. The van der Waals surface area contributed by atoms with E-state index in [-0.39, 0.29) is 17.9 Å². The normalized spacial score (nSPS) is 14.5. The lowest BCUT2D eigenvalue weighted by molar-refractivity contribution is 0.0595. The Morgan fingerprint density at radius 2 is 1.57 bits per heavy atom. The number of benzene rings is 3. The standard InChI is InChI=1S/C23H16N2O3/c1-14(15-7-3-2-4-8-15)25-22(26)17-12-11-16(13-18(17)23(25)27)21-24-19-9-5-6-10-20(19)28-21/h2-14H,1H3. The molecule has 0 bridgehead atoms. The van der Waals surface area contributed by atoms with Crippen molar-refractivity contribution in [2.24, 2.45) is 0 Å². The molecule has 5 heteroatoms. The summed E-state index contributed by atoms with van der Waals surface area (Å²) in [5.41, 5.74) is 3.81. The second-order valence-electron chi connectivity index (χ2n) is 6.81. The van der Waals surface area contributed by atoms with Crippen LogP contribution in [0.2, 0.25) is 0 Å². The van der Waals surface area contributed by atoms with Gasteiger partial charge in [0.15, 0.2) is 5.58 Å². The fourth-order valence-corrected chi connectivity index (χ4v) is 3.62. The van der Waals surface area contributed by atoms with Gasteiger partial charge in [0.2, 0.25) is 5.89 Å². The summed E-state index contributed by atoms with van der Waals surface area (Å²) in [6.45, 7) is 1.86. The number of rotatable bonds is 3. The lowest BCUT2D eigenvalue weighted by Gasteiger charge is -2.22. The molecule has 1 aromatic heterocycles. The van der Waals surface area contributed by atoms with Crippen LogP contribution in [0.15, 0.2) is 77.2 Å². The summed E-state index contributed by atoms with van der Waals surface area (Å²) in [5, 5.41) is 0. The third-order valence-electron chi connectivity index (χ3n) is 5.13. The van der Waals surface area contributed by atoms with Crippen molar-refractivity contribution in [3.8, 4) is 11.5 Å². The molecule has 0 fully saturated rings. The Kier molecular flexibility index (Phi) is 3.62. The van der Waals surface area contributed by atoms with E-state index in [4.69, 9.17) is 4.42 Å². The molecule has 0 saturated carbocycles. The van der Waals surface area contributed by atoms with E-state index < -0.39 is 0 Å². The first kappa shape index (κ1) is 16.4. The number of hydrogen-bond donors (Lipinski definition) is 0. The van der Waals surface area contributed by atoms with Crippen LogP contribution in [-0.4, -0.2) is 21.7 Å². The van der Waals surface area contributed by atoms with Gasteiger partial charge in [-0.2, -0.15) is 0 Å². The molecule has 5 rings (SSSR count). The molecule has 1 aliphatic heterocycles. The van der Waals surface area contributed by atoms with Crippen LogP contribution in [-0.2, 0) is 0 Å². The number of para-hydroxylation sites is 2. The van der Waals surface area contributed by atoms with Crippen LogP contribution in [0.4, 0.5) is 0 Å². The first-order chi connectivity index (χ1) is 13.6. The van der Waals surface area contributed by atoms with Gasteiger partial charge in [0.1, 0.15) is 5.52 Å². The number of nitrogens with zero attached hydrogens (tertiary/aromatic N) is 2. The summed E-state index contributed by atoms with van der Waals surface area (Å²) in [6, 6.07) is 21.8. The lowest BCUT2D eigenvalue weighted by Crippen LogP contribution is -2.32. The largest absolute Gasteiger partial charge is 0.436 e. The first-order valence-electron chi connectivity index (χ1n) is 9.06. The van der Waals surface area contributed by atoms with Gasteiger partial charge in [-0.1, -0.05) is 42.5 Å². The van der Waals surface area contributed by atoms with E-state index in [0.717, 1.165) is 11.1 Å². The number of oxazole rings is 1. The molecule has 0 radical (unpaired) electrons. The van der Waals surface area contributed by atoms with Crippen LogP contribution in [0.5, 0.6) is 0 Å². The number of fused-ring (bicyclic) bond motifs is 2. The van der Waals surface area contributed by atoms with Crippen molar-refractivity contribution in [3.05, 3.63) is 89.5 Å². The van der Waals surface area contributed by atoms with Crippen molar-refractivity contribution in [1.82, 2.24) is 9.88 Å². The molecule has 1 aliphatic rings. The van der Waals surface area contributed by atoms with E-state index in [9.17, 15) is 9.59 Å². The highest BCUT2D eigenvalue weighted by Crippen LogP contribution is 2.34. The summed E-state index contributed by atoms with van der Waals surface area (Å²) < 4.78 is 5.80. The molecule has 4 aromatic rings. The van der Waals surface area contributed by atoms with Crippen LogP contribution in [0.25, 0.3) is 22.6 Å². The maximum Gasteiger partial charge on any atom is 0.262 e. The Morgan fingerprint density at radius 1 is 0.857 bits per heavy atom. The topological polar surface area (TPSA) is 63.4 Å². The Labute approximate surface area is 161 Å². The maximum atomic E-state index is 13.0. The van der Waals surface area contributed by atoms with Crippen molar-refractivity contribution in [2.75, 3.05) is 0 Å². The molecule has 5 nitrogen and oxygen atoms in total. The number of imide groups is 1. The number of hydrogen-bond acceptors (Lipinski definition) is 4. The van der Waals surface area contributed by atoms with Crippen LogP contribution >= 0.6 is 0 Å². The molecule has 3 aromatic carbocycles. The monoisotopic (exact) mass is 368 g/mol. The van der Waals surface area contributed by atoms with E-state index in [2.05, 4.69) is 4.98 Å². The zero-order valence-corrected chi connectivity index (χ0v) is 15.1. The molecule has 0 N–H and O–H groups in total. The van der Waals surface area contributed by atoms with Gasteiger partial charge in [-0.3, -0.25) is 14.5 Å². The number of amides is 2. The third kappa shape index (κ3) is 2.44. The minimum Gasteiger partial charge on any atom is -0.436 e. The van der Waals surface area contributed by atoms with Crippen LogP contribution in [0.1, 0.15) is 39.2 Å². The Morgan fingerprint density at radius 3 is 2.36 bits per heavy atom. The first-order valence-corrected chi connectivity index (χ1v) is 9.06. The maximum absolute atomic E-state index is 13.0. The predicted octanol–water partition coefficient (Wildman–Crippen LogP) is 4.85. The van der Waals surface area contributed by atoms with Crippen molar-refractivity contribution >= 4 is 22.9 Å². The average molecular weight is 368 g/mol. The van der Waals surface area contributed by atoms with Crippen LogP contribution in [0, 0.1) is 0 Å². The van der Waals surface area contributed by atoms with Gasteiger partial charge in [0.05, 0.1) is 17.2 Å². The van der Waals surface area contributed by atoms with Gasteiger partial charge >= 0.3 is 0 Å². The van der Waals surface area contributed by atoms with Gasteiger partial charge in [0, 0.05) is 5.56 Å². The molecular formula is C23H16N2O3. The lowest BCUT2D eigenvalue weighted by atomic mass is 10.1. The summed E-state index contributed by atoms with van der Waals surface area (Å²) in [5.74, 6) is -0.145. The second kappa shape index (κ2) is 6.16. The number of aromatic nitrogens is 1. The average Bonchev–Trinajstić information content (AvgIpc) is 3.27. The van der Waals surface area contributed by atoms with Crippen molar-refractivity contribution in [3.63, 3.8) is 0 Å². The van der Waals surface area contributed by atoms with Crippen molar-refractivity contribution in [1.29, 1.82) is 0 Å². The third-order valence-corrected chi connectivity index (χ3v) is 5.13. The van der Waals surface area contributed by atoms with Crippen LogP contribution < -0.4 is 0 Å². The zero-order chi connectivity index (χ0) is 19.3. The predicted molar refractivity (Wildman–Crippen MR) is 105 cm³/mol. The minimum atomic E-state index is -0.346. The Bertz CT molecular complexity index is 1190. The van der Waals surface area contributed by atoms with E-state index in [1.54, 1.807) is 18.2 Å². The summed E-state index contributed by atoms with van der Waals surface area (Å²) in [6.07, 6.45) is 0. The van der Waals surface area contributed by atoms with Gasteiger partial charge < -0.3 is 4.42 Å². The molecule has 136 valence electrons. The quantitative estimate of drug-likeness (QED) is 0.485. The van der Waals surface area contributed by atoms with Gasteiger partial charge in [-0.15, -0.1) is 0 Å². The van der Waals surface area contributed by atoms with E-state index in [1.807, 2.05) is 61.5 Å². The smallest absolute Gasteiger partial charge is 0.262 e. The summed E-state index contributed by atoms with van der Waals surface area (Å²) in [4.78, 5) is 31.7. The van der Waals surface area contributed by atoms with E-state index >= 15 is 0 Å². The molecule has 2 heterocycles. The highest BCUT2D eigenvalue weighted by molar-refractivity contribution is 6.22. The highest BCUT2D eigenvalue weighted by Gasteiger charge is 2.39. The van der Waals surface area contributed by atoms with E-state index in [1.165, 1.54) is 4.90 Å². The fourth-order valence-electron chi connectivity index (χ4n) is 3.62. The zero-order valence-electron chi connectivity index (χ0n) is 15.1. The van der Waals surface area contributed by atoms with Gasteiger partial charge in [-0.05, 0) is 42.8 Å². The molecule has 0 spiro atoms. The summed E-state index contributed by atoms with van der Waals surface area (Å²) in [7, 11) is 0. The fraction of sp³-hybridized carbons (Fsp3) is 0.0870. The van der Waals surface area contributed by atoms with Gasteiger partial charge in [0.25, 0.3) is 11.8 Å². The molecule has 1 atom stereocenters. The Hall–Kier alpha value is -3.73.